The zero-order chi connectivity index (χ0) is 16.2. The van der Waals surface area contributed by atoms with Gasteiger partial charge in [-0.25, -0.2) is 4.98 Å². The van der Waals surface area contributed by atoms with Crippen LogP contribution in [0.4, 0.5) is 5.13 Å². The maximum atomic E-state index is 6.07. The molecule has 0 fully saturated rings. The molecule has 1 N–H and O–H groups in total. The summed E-state index contributed by atoms with van der Waals surface area (Å²) in [4.78, 5) is 9.79. The maximum absolute atomic E-state index is 6.07. The summed E-state index contributed by atoms with van der Waals surface area (Å²) >= 11 is 13.5. The first-order valence-electron chi connectivity index (χ1n) is 6.76. The highest BCUT2D eigenvalue weighted by molar-refractivity contribution is 7.16. The van der Waals surface area contributed by atoms with E-state index in [1.807, 2.05) is 37.3 Å². The van der Waals surface area contributed by atoms with E-state index in [9.17, 15) is 0 Å². The summed E-state index contributed by atoms with van der Waals surface area (Å²) < 4.78 is 0. The maximum Gasteiger partial charge on any atom is 0.204 e. The van der Waals surface area contributed by atoms with E-state index in [2.05, 4.69) is 20.5 Å². The van der Waals surface area contributed by atoms with Crippen LogP contribution >= 0.6 is 34.5 Å². The van der Waals surface area contributed by atoms with Crippen molar-refractivity contribution in [3.05, 3.63) is 63.2 Å². The van der Waals surface area contributed by atoms with Crippen LogP contribution in [0.1, 0.15) is 10.6 Å². The summed E-state index contributed by atoms with van der Waals surface area (Å²) in [5.74, 6) is 0. The van der Waals surface area contributed by atoms with Crippen molar-refractivity contribution < 1.29 is 0 Å². The van der Waals surface area contributed by atoms with Gasteiger partial charge in [-0.3, -0.25) is 10.4 Å². The van der Waals surface area contributed by atoms with Crippen molar-refractivity contribution >= 4 is 45.9 Å². The minimum atomic E-state index is 0.513. The Bertz CT molecular complexity index is 847. The third-order valence-electron chi connectivity index (χ3n) is 3.03. The Kier molecular flexibility index (Phi) is 4.91. The number of anilines is 1. The first-order chi connectivity index (χ1) is 11.1. The molecule has 3 aromatic rings. The van der Waals surface area contributed by atoms with Crippen molar-refractivity contribution in [1.82, 2.24) is 9.97 Å². The highest BCUT2D eigenvalue weighted by Crippen LogP contribution is 2.33. The lowest BCUT2D eigenvalue weighted by Crippen LogP contribution is -1.91. The fraction of sp³-hybridized carbons (Fsp3) is 0.0625. The minimum absolute atomic E-state index is 0.513. The van der Waals surface area contributed by atoms with Gasteiger partial charge < -0.3 is 0 Å². The number of benzene rings is 1. The smallest absolute Gasteiger partial charge is 0.204 e. The molecule has 23 heavy (non-hydrogen) atoms. The molecular weight excluding hydrogens is 351 g/mol. The average molecular weight is 363 g/mol. The number of nitrogens with one attached hydrogen (secondary N) is 1. The summed E-state index contributed by atoms with van der Waals surface area (Å²) in [5, 5.41) is 5.90. The number of aryl methyl sites for hydroxylation is 1. The molecule has 0 aliphatic heterocycles. The minimum Gasteiger partial charge on any atom is -0.255 e. The quantitative estimate of drug-likeness (QED) is 0.508. The number of hydrogen-bond acceptors (Lipinski definition) is 5. The molecule has 0 radical (unpaired) electrons. The van der Waals surface area contributed by atoms with Crippen LogP contribution in [0.15, 0.2) is 47.7 Å². The van der Waals surface area contributed by atoms with Gasteiger partial charge in [-0.1, -0.05) is 35.3 Å². The van der Waals surface area contributed by atoms with Crippen molar-refractivity contribution in [2.24, 2.45) is 5.10 Å². The van der Waals surface area contributed by atoms with Gasteiger partial charge in [0.2, 0.25) is 5.13 Å². The van der Waals surface area contributed by atoms with Crippen LogP contribution in [0.3, 0.4) is 0 Å². The SMILES string of the molecule is Cc1sc(N/N=C/c2ccccn2)nc1-c1ccc(Cl)c(Cl)c1. The molecule has 0 bridgehead atoms. The predicted molar refractivity (Wildman–Crippen MR) is 97.8 cm³/mol. The Balaban J connectivity index is 1.78. The van der Waals surface area contributed by atoms with E-state index < -0.39 is 0 Å². The van der Waals surface area contributed by atoms with Gasteiger partial charge in [-0.2, -0.15) is 5.10 Å². The third kappa shape index (κ3) is 3.88. The lowest BCUT2D eigenvalue weighted by Gasteiger charge is -2.01. The van der Waals surface area contributed by atoms with E-state index in [1.54, 1.807) is 18.5 Å². The number of rotatable bonds is 4. The van der Waals surface area contributed by atoms with Crippen molar-refractivity contribution in [3.63, 3.8) is 0 Å². The van der Waals surface area contributed by atoms with Crippen molar-refractivity contribution in [3.8, 4) is 11.3 Å². The van der Waals surface area contributed by atoms with Crippen LogP contribution in [0.2, 0.25) is 10.0 Å². The lowest BCUT2D eigenvalue weighted by atomic mass is 10.1. The highest BCUT2D eigenvalue weighted by atomic mass is 35.5. The van der Waals surface area contributed by atoms with Crippen LogP contribution in [0.5, 0.6) is 0 Å². The number of hydrazone groups is 1. The normalized spacial score (nSPS) is 11.1. The summed E-state index contributed by atoms with van der Waals surface area (Å²) in [6.07, 6.45) is 3.37. The zero-order valence-electron chi connectivity index (χ0n) is 12.1. The van der Waals surface area contributed by atoms with E-state index in [1.165, 1.54) is 11.3 Å². The molecule has 0 saturated carbocycles. The number of nitrogens with zero attached hydrogens (tertiary/aromatic N) is 3. The number of thiazole rings is 1. The molecule has 116 valence electrons. The second-order valence-corrected chi connectivity index (χ2v) is 6.69. The van der Waals surface area contributed by atoms with Crippen LogP contribution < -0.4 is 5.43 Å². The van der Waals surface area contributed by atoms with Crippen LogP contribution in [0, 0.1) is 6.92 Å². The van der Waals surface area contributed by atoms with Gasteiger partial charge in [-0.05, 0) is 31.2 Å². The monoisotopic (exact) mass is 362 g/mol. The van der Waals surface area contributed by atoms with Crippen LogP contribution in [-0.2, 0) is 0 Å². The Morgan fingerprint density at radius 1 is 1.17 bits per heavy atom. The van der Waals surface area contributed by atoms with E-state index in [4.69, 9.17) is 23.2 Å². The topological polar surface area (TPSA) is 50.2 Å². The standard InChI is InChI=1S/C16H12Cl2N4S/c1-10-15(11-5-6-13(17)14(18)8-11)21-16(23-10)22-20-9-12-4-2-3-7-19-12/h2-9H,1H3,(H,21,22)/b20-9+. The van der Waals surface area contributed by atoms with Gasteiger partial charge in [0, 0.05) is 16.6 Å². The lowest BCUT2D eigenvalue weighted by molar-refractivity contribution is 1.26. The number of pyridine rings is 1. The molecule has 0 amide bonds. The zero-order valence-corrected chi connectivity index (χ0v) is 14.5. The van der Waals surface area contributed by atoms with E-state index >= 15 is 0 Å². The number of aromatic nitrogens is 2. The molecule has 0 saturated heterocycles. The Labute approximate surface area is 147 Å². The number of halogens is 2. The highest BCUT2D eigenvalue weighted by Gasteiger charge is 2.11. The van der Waals surface area contributed by atoms with E-state index in [0.717, 1.165) is 21.8 Å². The Hall–Kier alpha value is -1.95. The van der Waals surface area contributed by atoms with Crippen LogP contribution in [-0.4, -0.2) is 16.2 Å². The van der Waals surface area contributed by atoms with E-state index in [0.29, 0.717) is 15.2 Å². The summed E-state index contributed by atoms with van der Waals surface area (Å²) in [5.41, 5.74) is 5.49. The van der Waals surface area contributed by atoms with Gasteiger partial charge in [0.1, 0.15) is 0 Å². The summed E-state index contributed by atoms with van der Waals surface area (Å²) in [6, 6.07) is 11.1. The fourth-order valence-electron chi connectivity index (χ4n) is 1.96. The predicted octanol–water partition coefficient (Wildman–Crippen LogP) is 5.27. The summed E-state index contributed by atoms with van der Waals surface area (Å²) in [6.45, 7) is 2.00. The van der Waals surface area contributed by atoms with Gasteiger partial charge in [0.25, 0.3) is 0 Å². The molecule has 0 aliphatic carbocycles. The average Bonchev–Trinajstić information content (AvgIpc) is 2.92. The molecule has 0 aliphatic rings. The first kappa shape index (κ1) is 15.9. The largest absolute Gasteiger partial charge is 0.255 e. The second kappa shape index (κ2) is 7.08. The fourth-order valence-corrected chi connectivity index (χ4v) is 3.05. The van der Waals surface area contributed by atoms with Crippen molar-refractivity contribution in [2.75, 3.05) is 5.43 Å². The van der Waals surface area contributed by atoms with Gasteiger partial charge in [0.15, 0.2) is 0 Å². The third-order valence-corrected chi connectivity index (χ3v) is 4.65. The van der Waals surface area contributed by atoms with Gasteiger partial charge >= 0.3 is 0 Å². The molecule has 4 nitrogen and oxygen atoms in total. The first-order valence-corrected chi connectivity index (χ1v) is 8.33. The number of hydrogen-bond donors (Lipinski definition) is 1. The molecule has 0 atom stereocenters. The molecular formula is C16H12Cl2N4S. The van der Waals surface area contributed by atoms with Gasteiger partial charge in [-0.15, -0.1) is 11.3 Å². The molecule has 0 unspecified atom stereocenters. The van der Waals surface area contributed by atoms with Crippen molar-refractivity contribution in [1.29, 1.82) is 0 Å². The second-order valence-electron chi connectivity index (χ2n) is 4.68. The Morgan fingerprint density at radius 3 is 2.78 bits per heavy atom. The van der Waals surface area contributed by atoms with Crippen molar-refractivity contribution in [2.45, 2.75) is 6.92 Å². The molecule has 7 heteroatoms. The molecule has 2 heterocycles. The molecule has 2 aromatic heterocycles. The van der Waals surface area contributed by atoms with E-state index in [-0.39, 0.29) is 0 Å². The molecule has 1 aromatic carbocycles. The molecule has 3 rings (SSSR count). The molecule has 0 spiro atoms. The Morgan fingerprint density at radius 2 is 2.04 bits per heavy atom. The summed E-state index contributed by atoms with van der Waals surface area (Å²) in [7, 11) is 0. The van der Waals surface area contributed by atoms with Gasteiger partial charge in [0.05, 0.1) is 27.6 Å². The van der Waals surface area contributed by atoms with Crippen LogP contribution in [0.25, 0.3) is 11.3 Å².